The van der Waals surface area contributed by atoms with Crippen LogP contribution in [0.15, 0.2) is 42.0 Å². The largest absolute Gasteiger partial charge is 0.354 e. The molecule has 4 nitrogen and oxygen atoms in total. The van der Waals surface area contributed by atoms with Gasteiger partial charge in [0.05, 0.1) is 0 Å². The summed E-state index contributed by atoms with van der Waals surface area (Å²) in [4.78, 5) is 26.0. The molecule has 0 heterocycles. The number of benzene rings is 1. The minimum Gasteiger partial charge on any atom is -0.354 e. The van der Waals surface area contributed by atoms with Crippen molar-refractivity contribution in [3.63, 3.8) is 0 Å². The molecule has 0 bridgehead atoms. The lowest BCUT2D eigenvalue weighted by Crippen LogP contribution is -2.47. The highest BCUT2D eigenvalue weighted by Crippen LogP contribution is 2.19. The second-order valence-corrected chi connectivity index (χ2v) is 6.46. The zero-order valence-electron chi connectivity index (χ0n) is 14.8. The lowest BCUT2D eigenvalue weighted by atomic mass is 9.97. The summed E-state index contributed by atoms with van der Waals surface area (Å²) in [5, 5.41) is 2.98. The van der Waals surface area contributed by atoms with E-state index < -0.39 is 6.04 Å². The van der Waals surface area contributed by atoms with Crippen molar-refractivity contribution in [3.8, 4) is 0 Å². The zero-order valence-corrected chi connectivity index (χ0v) is 14.8. The fourth-order valence-corrected chi connectivity index (χ4v) is 3.07. The summed E-state index contributed by atoms with van der Waals surface area (Å²) in [6.45, 7) is 4.40. The number of nitrogens with one attached hydrogen (secondary N) is 1. The van der Waals surface area contributed by atoms with Gasteiger partial charge in [-0.3, -0.25) is 9.59 Å². The Balaban J connectivity index is 1.86. The van der Waals surface area contributed by atoms with Gasteiger partial charge in [0.25, 0.3) is 0 Å². The van der Waals surface area contributed by atoms with E-state index in [9.17, 15) is 9.59 Å². The van der Waals surface area contributed by atoms with Crippen molar-refractivity contribution >= 4 is 11.8 Å². The van der Waals surface area contributed by atoms with Crippen LogP contribution in [0.3, 0.4) is 0 Å². The Morgan fingerprint density at radius 1 is 1.21 bits per heavy atom. The second kappa shape index (κ2) is 9.26. The number of hydrogen-bond donors (Lipinski definition) is 1. The van der Waals surface area contributed by atoms with Gasteiger partial charge in [-0.2, -0.15) is 0 Å². The van der Waals surface area contributed by atoms with E-state index in [2.05, 4.69) is 11.4 Å². The lowest BCUT2D eigenvalue weighted by Gasteiger charge is -2.27. The third kappa shape index (κ3) is 5.52. The molecule has 0 fully saturated rings. The summed E-state index contributed by atoms with van der Waals surface area (Å²) in [5.74, 6) is -0.172. The van der Waals surface area contributed by atoms with Gasteiger partial charge in [0.15, 0.2) is 0 Å². The van der Waals surface area contributed by atoms with E-state index in [1.54, 1.807) is 11.8 Å². The van der Waals surface area contributed by atoms with Crippen molar-refractivity contribution in [3.05, 3.63) is 47.5 Å². The second-order valence-electron chi connectivity index (χ2n) is 6.46. The van der Waals surface area contributed by atoms with E-state index in [0.29, 0.717) is 13.1 Å². The van der Waals surface area contributed by atoms with Gasteiger partial charge in [-0.05, 0) is 44.6 Å². The fourth-order valence-electron chi connectivity index (χ4n) is 3.07. The molecular weight excluding hydrogens is 300 g/mol. The normalized spacial score (nSPS) is 15.3. The average molecular weight is 328 g/mol. The van der Waals surface area contributed by atoms with Gasteiger partial charge in [-0.15, -0.1) is 0 Å². The number of carbonyl (C=O) groups excluding carboxylic acids is 2. The van der Waals surface area contributed by atoms with Crippen molar-refractivity contribution in [1.82, 2.24) is 10.2 Å². The molecule has 0 aliphatic heterocycles. The van der Waals surface area contributed by atoms with Crippen LogP contribution >= 0.6 is 0 Å². The van der Waals surface area contributed by atoms with Gasteiger partial charge in [0.1, 0.15) is 6.04 Å². The molecule has 1 aliphatic rings. The number of hydrogen-bond acceptors (Lipinski definition) is 2. The van der Waals surface area contributed by atoms with E-state index in [1.807, 2.05) is 30.3 Å². The van der Waals surface area contributed by atoms with Gasteiger partial charge in [-0.25, -0.2) is 0 Å². The Kier molecular flexibility index (Phi) is 7.04. The van der Waals surface area contributed by atoms with E-state index >= 15 is 0 Å². The molecule has 130 valence electrons. The van der Waals surface area contributed by atoms with Crippen LogP contribution < -0.4 is 5.32 Å². The number of amides is 2. The maximum atomic E-state index is 12.4. The standard InChI is InChI=1S/C20H28N2O2/c1-16(20(24)21-14-13-18-9-5-3-6-10-18)22(17(2)23)15-19-11-7-4-8-12-19/h4,7-9,11-12,16H,3,5-6,10,13-15H2,1-2H3,(H,21,24)/t16-/m1/s1. The van der Waals surface area contributed by atoms with Crippen LogP contribution in [-0.4, -0.2) is 29.3 Å². The van der Waals surface area contributed by atoms with E-state index in [-0.39, 0.29) is 11.8 Å². The van der Waals surface area contributed by atoms with Crippen molar-refractivity contribution in [2.75, 3.05) is 6.54 Å². The molecule has 0 saturated heterocycles. The number of rotatable bonds is 7. The first-order valence-corrected chi connectivity index (χ1v) is 8.84. The van der Waals surface area contributed by atoms with Gasteiger partial charge in [0, 0.05) is 20.0 Å². The molecule has 1 N–H and O–H groups in total. The predicted molar refractivity (Wildman–Crippen MR) is 96.3 cm³/mol. The van der Waals surface area contributed by atoms with Gasteiger partial charge >= 0.3 is 0 Å². The van der Waals surface area contributed by atoms with Crippen molar-refractivity contribution < 1.29 is 9.59 Å². The van der Waals surface area contributed by atoms with Crippen LogP contribution in [0.25, 0.3) is 0 Å². The van der Waals surface area contributed by atoms with Gasteiger partial charge < -0.3 is 10.2 Å². The topological polar surface area (TPSA) is 49.4 Å². The molecule has 1 aliphatic carbocycles. The highest BCUT2D eigenvalue weighted by atomic mass is 16.2. The Hall–Kier alpha value is -2.10. The summed E-state index contributed by atoms with van der Waals surface area (Å²) in [6, 6.07) is 9.29. The molecule has 0 aromatic heterocycles. The number of carbonyl (C=O) groups is 2. The molecule has 1 aromatic carbocycles. The number of nitrogens with zero attached hydrogens (tertiary/aromatic N) is 1. The third-order valence-electron chi connectivity index (χ3n) is 4.58. The third-order valence-corrected chi connectivity index (χ3v) is 4.58. The van der Waals surface area contributed by atoms with E-state index in [4.69, 9.17) is 0 Å². The maximum Gasteiger partial charge on any atom is 0.242 e. The molecule has 24 heavy (non-hydrogen) atoms. The Morgan fingerprint density at radius 2 is 1.96 bits per heavy atom. The summed E-state index contributed by atoms with van der Waals surface area (Å²) >= 11 is 0. The SMILES string of the molecule is CC(=O)N(Cc1ccccc1)[C@H](C)C(=O)NCCC1=CCCCC1. The Bertz CT molecular complexity index is 581. The first-order chi connectivity index (χ1) is 11.6. The van der Waals surface area contributed by atoms with Crippen LogP contribution in [0.4, 0.5) is 0 Å². The molecule has 0 spiro atoms. The van der Waals surface area contributed by atoms with Gasteiger partial charge in [0.2, 0.25) is 11.8 Å². The smallest absolute Gasteiger partial charge is 0.242 e. The summed E-state index contributed by atoms with van der Waals surface area (Å²) in [7, 11) is 0. The molecule has 1 atom stereocenters. The molecule has 0 unspecified atom stereocenters. The van der Waals surface area contributed by atoms with E-state index in [1.165, 1.54) is 25.3 Å². The average Bonchev–Trinajstić information content (AvgIpc) is 2.60. The lowest BCUT2D eigenvalue weighted by molar-refractivity contribution is -0.138. The summed E-state index contributed by atoms with van der Waals surface area (Å²) < 4.78 is 0. The monoisotopic (exact) mass is 328 g/mol. The molecule has 2 rings (SSSR count). The first kappa shape index (κ1) is 18.2. The molecule has 0 radical (unpaired) electrons. The van der Waals surface area contributed by atoms with E-state index in [0.717, 1.165) is 24.8 Å². The molecule has 0 saturated carbocycles. The fraction of sp³-hybridized carbons (Fsp3) is 0.500. The highest BCUT2D eigenvalue weighted by molar-refractivity contribution is 5.86. The Labute approximate surface area is 144 Å². The molecule has 4 heteroatoms. The van der Waals surface area contributed by atoms with Crippen LogP contribution in [0.1, 0.15) is 51.5 Å². The molecular formula is C20H28N2O2. The first-order valence-electron chi connectivity index (χ1n) is 8.84. The zero-order chi connectivity index (χ0) is 17.4. The highest BCUT2D eigenvalue weighted by Gasteiger charge is 2.23. The van der Waals surface area contributed by atoms with Crippen LogP contribution in [0.5, 0.6) is 0 Å². The minimum atomic E-state index is -0.469. The maximum absolute atomic E-state index is 12.4. The van der Waals surface area contributed by atoms with Crippen molar-refractivity contribution in [2.45, 2.75) is 58.5 Å². The van der Waals surface area contributed by atoms with Crippen molar-refractivity contribution in [1.29, 1.82) is 0 Å². The summed E-state index contributed by atoms with van der Waals surface area (Å²) in [5.41, 5.74) is 2.47. The van der Waals surface area contributed by atoms with Gasteiger partial charge in [-0.1, -0.05) is 42.0 Å². The van der Waals surface area contributed by atoms with Crippen molar-refractivity contribution in [2.24, 2.45) is 0 Å². The predicted octanol–water partition coefficient (Wildman–Crippen LogP) is 3.43. The summed E-state index contributed by atoms with van der Waals surface area (Å²) in [6.07, 6.45) is 8.06. The molecule has 2 amide bonds. The minimum absolute atomic E-state index is 0.0856. The quantitative estimate of drug-likeness (QED) is 0.780. The molecule has 1 aromatic rings. The van der Waals surface area contributed by atoms with Crippen LogP contribution in [-0.2, 0) is 16.1 Å². The van der Waals surface area contributed by atoms with Crippen LogP contribution in [0.2, 0.25) is 0 Å². The Morgan fingerprint density at radius 3 is 2.58 bits per heavy atom. The van der Waals surface area contributed by atoms with Crippen LogP contribution in [0, 0.1) is 0 Å². The number of allylic oxidation sites excluding steroid dienone is 1.